The number of hydrogen-bond donors (Lipinski definition) is 2. The largest absolute Gasteiger partial charge is 0.395 e. The second-order valence-corrected chi connectivity index (χ2v) is 3.61. The fraction of sp³-hybridized carbons (Fsp3) is 0.583. The van der Waals surface area contributed by atoms with Gasteiger partial charge in [-0.15, -0.1) is 0 Å². The van der Waals surface area contributed by atoms with Gasteiger partial charge in [-0.3, -0.25) is 0 Å². The van der Waals surface area contributed by atoms with E-state index >= 15 is 0 Å². The Bertz CT molecular complexity index is 304. The van der Waals surface area contributed by atoms with Crippen molar-refractivity contribution < 1.29 is 5.11 Å². The van der Waals surface area contributed by atoms with Gasteiger partial charge in [-0.25, -0.2) is 4.98 Å². The van der Waals surface area contributed by atoms with Gasteiger partial charge in [-0.1, -0.05) is 13.0 Å². The third kappa shape index (κ3) is 3.70. The highest BCUT2D eigenvalue weighted by Crippen LogP contribution is 2.13. The van der Waals surface area contributed by atoms with Crippen molar-refractivity contribution in [2.75, 3.05) is 36.5 Å². The van der Waals surface area contributed by atoms with Crippen molar-refractivity contribution in [3.05, 3.63) is 18.2 Å². The van der Waals surface area contributed by atoms with Crippen molar-refractivity contribution in [1.29, 1.82) is 0 Å². The first-order valence-corrected chi connectivity index (χ1v) is 5.88. The molecule has 0 atom stereocenters. The summed E-state index contributed by atoms with van der Waals surface area (Å²) in [5, 5.41) is 12.2. The Morgan fingerprint density at radius 1 is 1.38 bits per heavy atom. The second kappa shape index (κ2) is 7.06. The first-order valence-electron chi connectivity index (χ1n) is 5.88. The van der Waals surface area contributed by atoms with E-state index in [4.69, 9.17) is 5.11 Å². The lowest BCUT2D eigenvalue weighted by Gasteiger charge is -2.21. The molecule has 0 unspecified atom stereocenters. The van der Waals surface area contributed by atoms with E-state index in [9.17, 15) is 0 Å². The summed E-state index contributed by atoms with van der Waals surface area (Å²) in [6, 6.07) is 5.92. The fourth-order valence-electron chi connectivity index (χ4n) is 1.51. The van der Waals surface area contributed by atoms with E-state index in [1.165, 1.54) is 0 Å². The van der Waals surface area contributed by atoms with E-state index in [1.54, 1.807) is 0 Å². The smallest absolute Gasteiger partial charge is 0.131 e. The van der Waals surface area contributed by atoms with Crippen LogP contribution in [0.2, 0.25) is 0 Å². The van der Waals surface area contributed by atoms with E-state index in [0.29, 0.717) is 6.54 Å². The topological polar surface area (TPSA) is 48.4 Å². The van der Waals surface area contributed by atoms with Gasteiger partial charge in [-0.2, -0.15) is 0 Å². The Hall–Kier alpha value is -1.29. The summed E-state index contributed by atoms with van der Waals surface area (Å²) < 4.78 is 0. The van der Waals surface area contributed by atoms with Gasteiger partial charge in [0.2, 0.25) is 0 Å². The summed E-state index contributed by atoms with van der Waals surface area (Å²) in [7, 11) is 0. The van der Waals surface area contributed by atoms with Gasteiger partial charge >= 0.3 is 0 Å². The number of nitrogens with one attached hydrogen (secondary N) is 1. The third-order valence-corrected chi connectivity index (χ3v) is 2.37. The van der Waals surface area contributed by atoms with Crippen LogP contribution in [-0.4, -0.2) is 36.3 Å². The predicted molar refractivity (Wildman–Crippen MR) is 68.0 cm³/mol. The van der Waals surface area contributed by atoms with Crippen LogP contribution >= 0.6 is 0 Å². The lowest BCUT2D eigenvalue weighted by molar-refractivity contribution is 0.302. The highest BCUT2D eigenvalue weighted by atomic mass is 16.3. The van der Waals surface area contributed by atoms with Crippen molar-refractivity contribution in [3.63, 3.8) is 0 Å². The van der Waals surface area contributed by atoms with Crippen LogP contribution in [0.4, 0.5) is 11.6 Å². The summed E-state index contributed by atoms with van der Waals surface area (Å²) >= 11 is 0. The van der Waals surface area contributed by atoms with Gasteiger partial charge in [0.25, 0.3) is 0 Å². The first-order chi connectivity index (χ1) is 7.81. The van der Waals surface area contributed by atoms with Crippen LogP contribution in [0.15, 0.2) is 18.2 Å². The lowest BCUT2D eigenvalue weighted by Crippen LogP contribution is -2.27. The zero-order valence-corrected chi connectivity index (χ0v) is 10.1. The van der Waals surface area contributed by atoms with Crippen LogP contribution in [0.5, 0.6) is 0 Å². The third-order valence-electron chi connectivity index (χ3n) is 2.37. The maximum atomic E-state index is 8.95. The molecule has 0 saturated heterocycles. The Labute approximate surface area is 97.3 Å². The standard InChI is InChI=1S/C12H21N3O/c1-3-8-13-11-6-5-7-12(14-11)15(4-2)9-10-16/h5-7,16H,3-4,8-10H2,1-2H3,(H,13,14). The molecule has 0 fully saturated rings. The number of rotatable bonds is 7. The number of anilines is 2. The van der Waals surface area contributed by atoms with Crippen molar-refractivity contribution in [3.8, 4) is 0 Å². The fourth-order valence-corrected chi connectivity index (χ4v) is 1.51. The predicted octanol–water partition coefficient (Wildman–Crippen LogP) is 1.72. The molecule has 1 heterocycles. The summed E-state index contributed by atoms with van der Waals surface area (Å²) in [5.41, 5.74) is 0. The molecule has 1 aromatic rings. The average Bonchev–Trinajstić information content (AvgIpc) is 2.33. The Kier molecular flexibility index (Phi) is 5.64. The van der Waals surface area contributed by atoms with Crippen molar-refractivity contribution >= 4 is 11.6 Å². The lowest BCUT2D eigenvalue weighted by atomic mass is 10.4. The molecule has 1 aromatic heterocycles. The van der Waals surface area contributed by atoms with Crippen LogP contribution in [-0.2, 0) is 0 Å². The summed E-state index contributed by atoms with van der Waals surface area (Å²) in [5.74, 6) is 1.81. The SMILES string of the molecule is CCCNc1cccc(N(CC)CCO)n1. The van der Waals surface area contributed by atoms with E-state index in [0.717, 1.165) is 31.1 Å². The molecule has 0 bridgehead atoms. The summed E-state index contributed by atoms with van der Waals surface area (Å²) in [6.45, 7) is 6.75. The molecule has 4 heteroatoms. The maximum Gasteiger partial charge on any atom is 0.131 e. The van der Waals surface area contributed by atoms with E-state index < -0.39 is 0 Å². The Morgan fingerprint density at radius 3 is 2.81 bits per heavy atom. The van der Waals surface area contributed by atoms with Gasteiger partial charge in [0.05, 0.1) is 6.61 Å². The minimum Gasteiger partial charge on any atom is -0.395 e. The van der Waals surface area contributed by atoms with Crippen LogP contribution < -0.4 is 10.2 Å². The normalized spacial score (nSPS) is 10.2. The van der Waals surface area contributed by atoms with Crippen LogP contribution in [0, 0.1) is 0 Å². The minimum atomic E-state index is 0.155. The molecule has 0 aliphatic heterocycles. The Balaban J connectivity index is 2.71. The number of aliphatic hydroxyl groups excluding tert-OH is 1. The van der Waals surface area contributed by atoms with Crippen LogP contribution in [0.3, 0.4) is 0 Å². The molecule has 0 radical (unpaired) electrons. The van der Waals surface area contributed by atoms with Crippen molar-refractivity contribution in [2.24, 2.45) is 0 Å². The van der Waals surface area contributed by atoms with Gasteiger partial charge in [0.15, 0.2) is 0 Å². The summed E-state index contributed by atoms with van der Waals surface area (Å²) in [4.78, 5) is 6.56. The molecule has 0 amide bonds. The summed E-state index contributed by atoms with van der Waals surface area (Å²) in [6.07, 6.45) is 1.08. The molecular formula is C12H21N3O. The molecule has 0 saturated carbocycles. The molecule has 2 N–H and O–H groups in total. The number of pyridine rings is 1. The molecule has 0 spiro atoms. The van der Waals surface area contributed by atoms with Gasteiger partial charge in [-0.05, 0) is 25.5 Å². The molecule has 16 heavy (non-hydrogen) atoms. The number of hydrogen-bond acceptors (Lipinski definition) is 4. The highest BCUT2D eigenvalue weighted by molar-refractivity contribution is 5.46. The molecule has 0 aliphatic carbocycles. The van der Waals surface area contributed by atoms with E-state index in [1.807, 2.05) is 18.2 Å². The van der Waals surface area contributed by atoms with Crippen LogP contribution in [0.1, 0.15) is 20.3 Å². The molecular weight excluding hydrogens is 202 g/mol. The second-order valence-electron chi connectivity index (χ2n) is 3.61. The molecule has 4 nitrogen and oxygen atoms in total. The van der Waals surface area contributed by atoms with Crippen LogP contribution in [0.25, 0.3) is 0 Å². The maximum absolute atomic E-state index is 8.95. The highest BCUT2D eigenvalue weighted by Gasteiger charge is 2.05. The molecule has 0 aliphatic rings. The number of nitrogens with zero attached hydrogens (tertiary/aromatic N) is 2. The monoisotopic (exact) mass is 223 g/mol. The van der Waals surface area contributed by atoms with Gasteiger partial charge in [0, 0.05) is 19.6 Å². The molecule has 1 rings (SSSR count). The minimum absolute atomic E-state index is 0.155. The number of likely N-dealkylation sites (N-methyl/N-ethyl adjacent to an activating group) is 1. The van der Waals surface area contributed by atoms with E-state index in [-0.39, 0.29) is 6.61 Å². The molecule has 0 aromatic carbocycles. The average molecular weight is 223 g/mol. The van der Waals surface area contributed by atoms with Gasteiger partial charge in [0.1, 0.15) is 11.6 Å². The zero-order chi connectivity index (χ0) is 11.8. The zero-order valence-electron chi connectivity index (χ0n) is 10.1. The number of aliphatic hydroxyl groups is 1. The quantitative estimate of drug-likeness (QED) is 0.739. The Morgan fingerprint density at radius 2 is 2.19 bits per heavy atom. The molecule has 90 valence electrons. The number of aromatic nitrogens is 1. The first kappa shape index (κ1) is 12.8. The van der Waals surface area contributed by atoms with Crippen molar-refractivity contribution in [1.82, 2.24) is 4.98 Å². The van der Waals surface area contributed by atoms with E-state index in [2.05, 4.69) is 29.0 Å². The van der Waals surface area contributed by atoms with Crippen molar-refractivity contribution in [2.45, 2.75) is 20.3 Å². The van der Waals surface area contributed by atoms with Gasteiger partial charge < -0.3 is 15.3 Å².